The van der Waals surface area contributed by atoms with Crippen molar-refractivity contribution in [2.75, 3.05) is 11.9 Å². The van der Waals surface area contributed by atoms with Crippen molar-refractivity contribution in [2.24, 2.45) is 0 Å². The third kappa shape index (κ3) is 5.02. The molecule has 0 saturated carbocycles. The number of benzene rings is 2. The minimum atomic E-state index is -0.273. The van der Waals surface area contributed by atoms with Crippen LogP contribution in [0.3, 0.4) is 0 Å². The molecule has 2 heterocycles. The van der Waals surface area contributed by atoms with Gasteiger partial charge in [0.15, 0.2) is 0 Å². The highest BCUT2D eigenvalue weighted by atomic mass is 19.1. The first-order chi connectivity index (χ1) is 14.7. The Morgan fingerprint density at radius 2 is 1.90 bits per heavy atom. The molecule has 1 aliphatic rings. The van der Waals surface area contributed by atoms with Crippen LogP contribution in [-0.4, -0.2) is 28.4 Å². The molecule has 4 rings (SSSR count). The van der Waals surface area contributed by atoms with Gasteiger partial charge in [0.1, 0.15) is 17.3 Å². The van der Waals surface area contributed by atoms with Gasteiger partial charge in [-0.05, 0) is 61.9 Å². The number of hydrogen-bond acceptors (Lipinski definition) is 4. The Labute approximate surface area is 175 Å². The summed E-state index contributed by atoms with van der Waals surface area (Å²) in [4.78, 5) is 19.0. The van der Waals surface area contributed by atoms with Crippen molar-refractivity contribution in [3.05, 3.63) is 84.4 Å². The van der Waals surface area contributed by atoms with E-state index in [9.17, 15) is 9.18 Å². The van der Waals surface area contributed by atoms with Crippen molar-refractivity contribution in [3.8, 4) is 11.5 Å². The third-order valence-corrected chi connectivity index (χ3v) is 5.24. The lowest BCUT2D eigenvalue weighted by molar-refractivity contribution is -0.122. The van der Waals surface area contributed by atoms with E-state index in [4.69, 9.17) is 4.74 Å². The van der Waals surface area contributed by atoms with Crippen LogP contribution in [0, 0.1) is 5.82 Å². The highest BCUT2D eigenvalue weighted by Gasteiger charge is 2.29. The van der Waals surface area contributed by atoms with E-state index in [0.717, 1.165) is 25.8 Å². The molecule has 1 aromatic heterocycles. The average Bonchev–Trinajstić information content (AvgIpc) is 2.78. The average molecular weight is 405 g/mol. The monoisotopic (exact) mass is 405 g/mol. The van der Waals surface area contributed by atoms with Crippen molar-refractivity contribution in [1.29, 1.82) is 0 Å². The number of halogens is 1. The van der Waals surface area contributed by atoms with Crippen LogP contribution in [0.1, 0.15) is 24.8 Å². The molecule has 6 heteroatoms. The Balaban J connectivity index is 1.39. The van der Waals surface area contributed by atoms with E-state index in [1.807, 2.05) is 24.3 Å². The highest BCUT2D eigenvalue weighted by Crippen LogP contribution is 2.24. The first-order valence-electron chi connectivity index (χ1n) is 10.2. The number of amides is 1. The number of aromatic nitrogens is 1. The molecule has 30 heavy (non-hydrogen) atoms. The van der Waals surface area contributed by atoms with Crippen molar-refractivity contribution < 1.29 is 13.9 Å². The molecule has 0 bridgehead atoms. The van der Waals surface area contributed by atoms with Gasteiger partial charge in [-0.3, -0.25) is 14.7 Å². The number of piperidine rings is 1. The number of likely N-dealkylation sites (tertiary alicyclic amines) is 1. The molecule has 0 radical (unpaired) electrons. The maximum Gasteiger partial charge on any atom is 0.241 e. The van der Waals surface area contributed by atoms with Gasteiger partial charge >= 0.3 is 0 Å². The fraction of sp³-hybridized carbons (Fsp3) is 0.250. The molecule has 0 unspecified atom stereocenters. The summed E-state index contributed by atoms with van der Waals surface area (Å²) in [7, 11) is 0. The first-order valence-corrected chi connectivity index (χ1v) is 10.2. The number of rotatable bonds is 6. The number of carbonyl (C=O) groups is 1. The molecular formula is C24H24FN3O2. The van der Waals surface area contributed by atoms with Gasteiger partial charge in [0.2, 0.25) is 5.91 Å². The minimum Gasteiger partial charge on any atom is -0.456 e. The van der Waals surface area contributed by atoms with Crippen LogP contribution in [-0.2, 0) is 11.3 Å². The van der Waals surface area contributed by atoms with Crippen molar-refractivity contribution >= 4 is 11.6 Å². The maximum absolute atomic E-state index is 14.1. The van der Waals surface area contributed by atoms with Crippen molar-refractivity contribution in [1.82, 2.24) is 9.88 Å². The van der Waals surface area contributed by atoms with Crippen LogP contribution in [0.2, 0.25) is 0 Å². The largest absolute Gasteiger partial charge is 0.456 e. The van der Waals surface area contributed by atoms with Crippen LogP contribution < -0.4 is 10.1 Å². The van der Waals surface area contributed by atoms with Gasteiger partial charge in [-0.15, -0.1) is 0 Å². The number of nitrogens with one attached hydrogen (secondary N) is 1. The molecule has 1 amide bonds. The Morgan fingerprint density at radius 1 is 1.07 bits per heavy atom. The van der Waals surface area contributed by atoms with Crippen LogP contribution >= 0.6 is 0 Å². The van der Waals surface area contributed by atoms with E-state index in [1.54, 1.807) is 42.7 Å². The number of pyridine rings is 1. The van der Waals surface area contributed by atoms with Crippen LogP contribution in [0.15, 0.2) is 73.1 Å². The predicted octanol–water partition coefficient (Wildman–Crippen LogP) is 5.01. The summed E-state index contributed by atoms with van der Waals surface area (Å²) < 4.78 is 19.8. The van der Waals surface area contributed by atoms with Crippen LogP contribution in [0.25, 0.3) is 0 Å². The second-order valence-corrected chi connectivity index (χ2v) is 7.38. The Morgan fingerprint density at radius 3 is 2.67 bits per heavy atom. The SMILES string of the molecule is O=C(Nc1ccc(Oc2cccnc2)cc1)[C@@H]1CCCCN1Cc1ccccc1F. The molecular weight excluding hydrogens is 381 g/mol. The zero-order valence-electron chi connectivity index (χ0n) is 16.6. The number of carbonyl (C=O) groups excluding carboxylic acids is 1. The van der Waals surface area contributed by atoms with Crippen LogP contribution in [0.5, 0.6) is 11.5 Å². The summed E-state index contributed by atoms with van der Waals surface area (Å²) in [5.74, 6) is 1.03. The number of ether oxygens (including phenoxy) is 1. The van der Waals surface area contributed by atoms with E-state index < -0.39 is 0 Å². The molecule has 0 spiro atoms. The third-order valence-electron chi connectivity index (χ3n) is 5.24. The molecule has 154 valence electrons. The van der Waals surface area contributed by atoms with Gasteiger partial charge in [-0.2, -0.15) is 0 Å². The quantitative estimate of drug-likeness (QED) is 0.627. The fourth-order valence-corrected chi connectivity index (χ4v) is 3.70. The zero-order chi connectivity index (χ0) is 20.8. The van der Waals surface area contributed by atoms with Gasteiger partial charge in [-0.25, -0.2) is 4.39 Å². The maximum atomic E-state index is 14.1. The topological polar surface area (TPSA) is 54.5 Å². The standard InChI is InChI=1S/C24H24FN3O2/c25-22-8-2-1-6-18(22)17-28-15-4-3-9-23(28)24(29)27-19-10-12-20(13-11-19)30-21-7-5-14-26-16-21/h1-2,5-8,10-14,16,23H,3-4,9,15,17H2,(H,27,29)/t23-/m0/s1. The molecule has 1 atom stereocenters. The number of hydrogen-bond donors (Lipinski definition) is 1. The van der Waals surface area contributed by atoms with Gasteiger partial charge in [0.25, 0.3) is 0 Å². The molecule has 5 nitrogen and oxygen atoms in total. The predicted molar refractivity (Wildman–Crippen MR) is 114 cm³/mol. The van der Waals surface area contributed by atoms with E-state index in [0.29, 0.717) is 29.3 Å². The molecule has 1 N–H and O–H groups in total. The first kappa shape index (κ1) is 20.0. The summed E-state index contributed by atoms with van der Waals surface area (Å²) in [6.07, 6.45) is 6.10. The number of nitrogens with zero attached hydrogens (tertiary/aromatic N) is 2. The molecule has 3 aromatic rings. The normalized spacial score (nSPS) is 16.8. The summed E-state index contributed by atoms with van der Waals surface area (Å²) >= 11 is 0. The molecule has 1 aliphatic heterocycles. The van der Waals surface area contributed by atoms with E-state index in [-0.39, 0.29) is 17.8 Å². The molecule has 1 fully saturated rings. The zero-order valence-corrected chi connectivity index (χ0v) is 16.6. The number of anilines is 1. The molecule has 2 aromatic carbocycles. The summed E-state index contributed by atoms with van der Waals surface area (Å²) in [5.41, 5.74) is 1.32. The van der Waals surface area contributed by atoms with Gasteiger partial charge < -0.3 is 10.1 Å². The van der Waals surface area contributed by atoms with Gasteiger partial charge in [-0.1, -0.05) is 24.6 Å². The van der Waals surface area contributed by atoms with Gasteiger partial charge in [0, 0.05) is 24.0 Å². The van der Waals surface area contributed by atoms with E-state index >= 15 is 0 Å². The second kappa shape index (κ2) is 9.50. The second-order valence-electron chi connectivity index (χ2n) is 7.38. The van der Waals surface area contributed by atoms with E-state index in [2.05, 4.69) is 15.2 Å². The summed E-state index contributed by atoms with van der Waals surface area (Å²) in [6, 6.07) is 17.3. The summed E-state index contributed by atoms with van der Waals surface area (Å²) in [6.45, 7) is 1.22. The van der Waals surface area contributed by atoms with E-state index in [1.165, 1.54) is 6.07 Å². The minimum absolute atomic E-state index is 0.0630. The van der Waals surface area contributed by atoms with Crippen molar-refractivity contribution in [3.63, 3.8) is 0 Å². The Bertz CT molecular complexity index is 979. The Kier molecular flexibility index (Phi) is 6.35. The highest BCUT2D eigenvalue weighted by molar-refractivity contribution is 5.94. The smallest absolute Gasteiger partial charge is 0.241 e. The lowest BCUT2D eigenvalue weighted by atomic mass is 10.00. The lowest BCUT2D eigenvalue weighted by Gasteiger charge is -2.34. The van der Waals surface area contributed by atoms with Gasteiger partial charge in [0.05, 0.1) is 12.2 Å². The Hall–Kier alpha value is -3.25. The lowest BCUT2D eigenvalue weighted by Crippen LogP contribution is -2.46. The fourth-order valence-electron chi connectivity index (χ4n) is 3.70. The van der Waals surface area contributed by atoms with Crippen LogP contribution in [0.4, 0.5) is 10.1 Å². The molecule has 0 aliphatic carbocycles. The van der Waals surface area contributed by atoms with Crippen molar-refractivity contribution in [2.45, 2.75) is 31.8 Å². The summed E-state index contributed by atoms with van der Waals surface area (Å²) in [5, 5.41) is 2.99. The molecule has 1 saturated heterocycles.